The topological polar surface area (TPSA) is 93.1 Å². The van der Waals surface area contributed by atoms with Gasteiger partial charge in [-0.15, -0.1) is 0 Å². The highest BCUT2D eigenvalue weighted by molar-refractivity contribution is 7.89. The normalized spacial score (nSPS) is 14.3. The number of carbonyl (C=O) groups is 1. The Bertz CT molecular complexity index is 1210. The smallest absolute Gasteiger partial charge is 0.256 e. The molecule has 1 aliphatic carbocycles. The van der Waals surface area contributed by atoms with Crippen molar-refractivity contribution in [1.29, 1.82) is 0 Å². The van der Waals surface area contributed by atoms with E-state index in [9.17, 15) is 13.2 Å². The van der Waals surface area contributed by atoms with Gasteiger partial charge in [0.05, 0.1) is 17.1 Å². The number of carbonyl (C=O) groups excluding carboxylic acids is 1. The first-order valence-corrected chi connectivity index (χ1v) is 12.2. The zero-order valence-electron chi connectivity index (χ0n) is 18.5. The minimum absolute atomic E-state index is 0.0323. The number of benzene rings is 2. The molecule has 0 spiro atoms. The van der Waals surface area contributed by atoms with Crippen molar-refractivity contribution in [2.24, 2.45) is 0 Å². The van der Waals surface area contributed by atoms with E-state index >= 15 is 0 Å². The largest absolute Gasteiger partial charge is 0.307 e. The highest BCUT2D eigenvalue weighted by Crippen LogP contribution is 2.25. The first-order chi connectivity index (χ1) is 15.1. The number of hydrogen-bond acceptors (Lipinski definition) is 4. The van der Waals surface area contributed by atoms with Crippen LogP contribution in [0.3, 0.4) is 0 Å². The average Bonchev–Trinajstić information content (AvgIpc) is 3.46. The summed E-state index contributed by atoms with van der Waals surface area (Å²) in [5, 5.41) is 7.65. The molecule has 1 heterocycles. The summed E-state index contributed by atoms with van der Waals surface area (Å²) in [6, 6.07) is 17.8. The molecule has 168 valence electrons. The molecule has 0 saturated heterocycles. The van der Waals surface area contributed by atoms with Crippen LogP contribution in [0.25, 0.3) is 0 Å². The van der Waals surface area contributed by atoms with Crippen LogP contribution in [-0.2, 0) is 22.0 Å². The van der Waals surface area contributed by atoms with E-state index in [1.54, 1.807) is 4.68 Å². The lowest BCUT2D eigenvalue weighted by molar-refractivity contribution is 0.102. The maximum atomic E-state index is 12.9. The number of anilines is 1. The standard InChI is InChI=1S/C24H28N4O3S/c1-24(2,3)21-15-22(28(26-21)16-17-7-5-4-6-8-17)25-23(29)18-9-13-20(14-10-18)32(30,31)27-19-11-12-19/h4-10,13-15,19,27H,11-12,16H2,1-3H3,(H,25,29). The molecule has 2 N–H and O–H groups in total. The molecule has 0 aliphatic heterocycles. The molecule has 7 nitrogen and oxygen atoms in total. The lowest BCUT2D eigenvalue weighted by atomic mass is 9.92. The second-order valence-corrected chi connectivity index (χ2v) is 10.9. The number of hydrogen-bond donors (Lipinski definition) is 2. The van der Waals surface area contributed by atoms with Crippen LogP contribution in [0, 0.1) is 0 Å². The van der Waals surface area contributed by atoms with Crippen molar-refractivity contribution in [3.8, 4) is 0 Å². The summed E-state index contributed by atoms with van der Waals surface area (Å²) >= 11 is 0. The van der Waals surface area contributed by atoms with Gasteiger partial charge in [-0.25, -0.2) is 17.8 Å². The van der Waals surface area contributed by atoms with Gasteiger partial charge in [0.2, 0.25) is 10.0 Å². The number of aromatic nitrogens is 2. The molecule has 1 aromatic heterocycles. The molecule has 0 atom stereocenters. The van der Waals surface area contributed by atoms with Crippen LogP contribution in [0.4, 0.5) is 5.82 Å². The van der Waals surface area contributed by atoms with Gasteiger partial charge in [0.1, 0.15) is 5.82 Å². The molecule has 8 heteroatoms. The van der Waals surface area contributed by atoms with Gasteiger partial charge in [0.25, 0.3) is 5.91 Å². The van der Waals surface area contributed by atoms with Crippen LogP contribution < -0.4 is 10.0 Å². The quantitative estimate of drug-likeness (QED) is 0.568. The van der Waals surface area contributed by atoms with Crippen molar-refractivity contribution in [3.05, 3.63) is 77.5 Å². The van der Waals surface area contributed by atoms with Gasteiger partial charge in [0.15, 0.2) is 0 Å². The Labute approximate surface area is 188 Å². The summed E-state index contributed by atoms with van der Waals surface area (Å²) in [4.78, 5) is 13.1. The van der Waals surface area contributed by atoms with Gasteiger partial charge in [-0.2, -0.15) is 5.10 Å². The van der Waals surface area contributed by atoms with E-state index in [-0.39, 0.29) is 22.3 Å². The highest BCUT2D eigenvalue weighted by atomic mass is 32.2. The SMILES string of the molecule is CC(C)(C)c1cc(NC(=O)c2ccc(S(=O)(=O)NC3CC3)cc2)n(Cc2ccccc2)n1. The van der Waals surface area contributed by atoms with Gasteiger partial charge in [0, 0.05) is 23.1 Å². The summed E-state index contributed by atoms with van der Waals surface area (Å²) in [6.45, 7) is 6.74. The Hall–Kier alpha value is -2.97. The summed E-state index contributed by atoms with van der Waals surface area (Å²) in [5.41, 5.74) is 2.15. The Morgan fingerprint density at radius 2 is 1.72 bits per heavy atom. The molecule has 0 bridgehead atoms. The molecule has 32 heavy (non-hydrogen) atoms. The van der Waals surface area contributed by atoms with Gasteiger partial charge in [-0.1, -0.05) is 51.1 Å². The second kappa shape index (κ2) is 8.52. The third-order valence-electron chi connectivity index (χ3n) is 5.29. The predicted molar refractivity (Wildman–Crippen MR) is 124 cm³/mol. The van der Waals surface area contributed by atoms with Crippen LogP contribution in [-0.4, -0.2) is 30.1 Å². The lowest BCUT2D eigenvalue weighted by Gasteiger charge is -2.14. The maximum absolute atomic E-state index is 12.9. The third-order valence-corrected chi connectivity index (χ3v) is 6.83. The van der Waals surface area contributed by atoms with E-state index in [4.69, 9.17) is 5.10 Å². The Morgan fingerprint density at radius 3 is 2.31 bits per heavy atom. The fraction of sp³-hybridized carbons (Fsp3) is 0.333. The number of rotatable bonds is 7. The summed E-state index contributed by atoms with van der Waals surface area (Å²) in [7, 11) is -3.55. The molecule has 1 amide bonds. The Balaban J connectivity index is 1.54. The summed E-state index contributed by atoms with van der Waals surface area (Å²) < 4.78 is 29.1. The van der Waals surface area contributed by atoms with E-state index in [0.717, 1.165) is 24.1 Å². The molecular formula is C24H28N4O3S. The van der Waals surface area contributed by atoms with Crippen molar-refractivity contribution in [2.75, 3.05) is 5.32 Å². The van der Waals surface area contributed by atoms with E-state index in [1.165, 1.54) is 24.3 Å². The molecule has 0 radical (unpaired) electrons. The number of amides is 1. The molecule has 1 saturated carbocycles. The molecule has 4 rings (SSSR count). The van der Waals surface area contributed by atoms with Crippen LogP contribution in [0.15, 0.2) is 65.6 Å². The molecule has 1 aliphatic rings. The van der Waals surface area contributed by atoms with Gasteiger partial charge in [-0.3, -0.25) is 4.79 Å². The van der Waals surface area contributed by atoms with Crippen LogP contribution >= 0.6 is 0 Å². The van der Waals surface area contributed by atoms with Crippen LogP contribution in [0.1, 0.15) is 55.2 Å². The lowest BCUT2D eigenvalue weighted by Crippen LogP contribution is -2.25. The van der Waals surface area contributed by atoms with Gasteiger partial charge in [-0.05, 0) is 42.7 Å². The van der Waals surface area contributed by atoms with E-state index < -0.39 is 10.0 Å². The van der Waals surface area contributed by atoms with Gasteiger partial charge < -0.3 is 5.32 Å². The van der Waals surface area contributed by atoms with E-state index in [1.807, 2.05) is 36.4 Å². The van der Waals surface area contributed by atoms with Crippen molar-refractivity contribution >= 4 is 21.7 Å². The molecule has 2 aromatic carbocycles. The molecular weight excluding hydrogens is 424 g/mol. The van der Waals surface area contributed by atoms with Crippen molar-refractivity contribution in [3.63, 3.8) is 0 Å². The zero-order chi connectivity index (χ0) is 22.9. The first kappa shape index (κ1) is 22.2. The number of nitrogens with one attached hydrogen (secondary N) is 2. The minimum Gasteiger partial charge on any atom is -0.307 e. The zero-order valence-corrected chi connectivity index (χ0v) is 19.3. The minimum atomic E-state index is -3.55. The monoisotopic (exact) mass is 452 g/mol. The molecule has 0 unspecified atom stereocenters. The fourth-order valence-electron chi connectivity index (χ4n) is 3.22. The highest BCUT2D eigenvalue weighted by Gasteiger charge is 2.28. The molecule has 1 fully saturated rings. The predicted octanol–water partition coefficient (Wildman–Crippen LogP) is 3.92. The third kappa shape index (κ3) is 5.26. The number of sulfonamides is 1. The maximum Gasteiger partial charge on any atom is 0.256 e. The van der Waals surface area contributed by atoms with Crippen molar-refractivity contribution < 1.29 is 13.2 Å². The average molecular weight is 453 g/mol. The summed E-state index contributed by atoms with van der Waals surface area (Å²) in [6.07, 6.45) is 1.74. The fourth-order valence-corrected chi connectivity index (χ4v) is 4.53. The van der Waals surface area contributed by atoms with E-state index in [2.05, 4.69) is 30.8 Å². The number of nitrogens with zero attached hydrogens (tertiary/aromatic N) is 2. The van der Waals surface area contributed by atoms with Crippen LogP contribution in [0.2, 0.25) is 0 Å². The van der Waals surface area contributed by atoms with Gasteiger partial charge >= 0.3 is 0 Å². The molecule has 3 aromatic rings. The summed E-state index contributed by atoms with van der Waals surface area (Å²) in [5.74, 6) is 0.273. The Morgan fingerprint density at radius 1 is 1.06 bits per heavy atom. The van der Waals surface area contributed by atoms with E-state index in [0.29, 0.717) is 17.9 Å². The first-order valence-electron chi connectivity index (χ1n) is 10.7. The Kier molecular flexibility index (Phi) is 5.92. The van der Waals surface area contributed by atoms with Crippen LogP contribution in [0.5, 0.6) is 0 Å². The van der Waals surface area contributed by atoms with Crippen molar-refractivity contribution in [2.45, 2.75) is 56.5 Å². The van der Waals surface area contributed by atoms with Crippen molar-refractivity contribution in [1.82, 2.24) is 14.5 Å². The second-order valence-electron chi connectivity index (χ2n) is 9.18.